The van der Waals surface area contributed by atoms with E-state index in [4.69, 9.17) is 18.9 Å². The molecule has 4 rings (SSSR count). The molecule has 1 aliphatic heterocycles. The topological polar surface area (TPSA) is 99.2 Å². The van der Waals surface area contributed by atoms with Crippen LogP contribution in [0.15, 0.2) is 60.9 Å². The summed E-state index contributed by atoms with van der Waals surface area (Å²) in [5.41, 5.74) is 2.25. The van der Waals surface area contributed by atoms with Crippen molar-refractivity contribution < 1.29 is 28.5 Å². The van der Waals surface area contributed by atoms with Crippen molar-refractivity contribution in [1.82, 2.24) is 10.3 Å². The number of nitrogens with zero attached hydrogens (tertiary/aromatic N) is 2. The zero-order chi connectivity index (χ0) is 26.4. The van der Waals surface area contributed by atoms with Gasteiger partial charge in [-0.3, -0.25) is 14.6 Å². The first-order valence-corrected chi connectivity index (χ1v) is 11.9. The molecular formula is C28H31N3O6. The summed E-state index contributed by atoms with van der Waals surface area (Å²) in [5.74, 6) is 1.19. The lowest BCUT2D eigenvalue weighted by Gasteiger charge is -2.41. The van der Waals surface area contributed by atoms with Gasteiger partial charge in [-0.1, -0.05) is 18.2 Å². The fraction of sp³-hybridized carbons (Fsp3) is 0.321. The largest absolute Gasteiger partial charge is 0.497 e. The van der Waals surface area contributed by atoms with Crippen LogP contribution in [0, 0.1) is 5.92 Å². The average Bonchev–Trinajstić information content (AvgIpc) is 2.95. The van der Waals surface area contributed by atoms with Gasteiger partial charge in [-0.25, -0.2) is 0 Å². The number of hydrogen-bond acceptors (Lipinski definition) is 7. The van der Waals surface area contributed by atoms with Crippen LogP contribution in [0.5, 0.6) is 23.0 Å². The number of piperidine rings is 1. The predicted molar refractivity (Wildman–Crippen MR) is 138 cm³/mol. The summed E-state index contributed by atoms with van der Waals surface area (Å²) in [6.07, 6.45) is 4.03. The monoisotopic (exact) mass is 505 g/mol. The summed E-state index contributed by atoms with van der Waals surface area (Å²) >= 11 is 0. The van der Waals surface area contributed by atoms with Crippen LogP contribution in [0.4, 0.5) is 5.69 Å². The van der Waals surface area contributed by atoms with Crippen LogP contribution in [-0.4, -0.2) is 45.2 Å². The van der Waals surface area contributed by atoms with E-state index < -0.39 is 12.0 Å². The van der Waals surface area contributed by atoms with Gasteiger partial charge in [0.05, 0.1) is 46.1 Å². The number of benzene rings is 2. The molecule has 0 spiro atoms. The van der Waals surface area contributed by atoms with Gasteiger partial charge < -0.3 is 29.2 Å². The van der Waals surface area contributed by atoms with E-state index in [9.17, 15) is 9.59 Å². The number of ether oxygens (including phenoxy) is 4. The smallest absolute Gasteiger partial charge is 0.227 e. The summed E-state index contributed by atoms with van der Waals surface area (Å²) in [4.78, 5) is 32.8. The van der Waals surface area contributed by atoms with E-state index in [0.29, 0.717) is 41.7 Å². The lowest BCUT2D eigenvalue weighted by atomic mass is 9.83. The van der Waals surface area contributed by atoms with Crippen LogP contribution in [0.3, 0.4) is 0 Å². The summed E-state index contributed by atoms with van der Waals surface area (Å²) < 4.78 is 21.9. The first-order valence-electron chi connectivity index (χ1n) is 11.9. The zero-order valence-corrected chi connectivity index (χ0v) is 21.4. The predicted octanol–water partition coefficient (Wildman–Crippen LogP) is 3.92. The number of nitrogens with one attached hydrogen (secondary N) is 1. The maximum absolute atomic E-state index is 13.5. The number of amides is 2. The van der Waals surface area contributed by atoms with Gasteiger partial charge in [0.25, 0.3) is 0 Å². The Kier molecular flexibility index (Phi) is 8.12. The van der Waals surface area contributed by atoms with Gasteiger partial charge in [0, 0.05) is 37.5 Å². The standard InChI is InChI=1S/C28H31N3O6/c1-34-21-9-7-19(8-10-21)26-22(28(33)30-17-18-6-5-13-29-16-18)11-12-25(32)31(26)20-14-23(35-2)27(37-4)24(15-20)36-3/h5-10,13-16,22,26H,11-12,17H2,1-4H3,(H,30,33)/t22-,26-/m0/s1. The molecule has 1 aliphatic rings. The van der Waals surface area contributed by atoms with Gasteiger partial charge in [-0.15, -0.1) is 0 Å². The lowest BCUT2D eigenvalue weighted by Crippen LogP contribution is -2.48. The molecule has 1 saturated heterocycles. The second-order valence-corrected chi connectivity index (χ2v) is 8.59. The van der Waals surface area contributed by atoms with Crippen molar-refractivity contribution in [2.75, 3.05) is 33.3 Å². The molecule has 0 bridgehead atoms. The molecule has 1 N–H and O–H groups in total. The molecule has 9 heteroatoms. The van der Waals surface area contributed by atoms with Crippen molar-refractivity contribution in [1.29, 1.82) is 0 Å². The molecule has 2 amide bonds. The minimum absolute atomic E-state index is 0.105. The van der Waals surface area contributed by atoms with Crippen molar-refractivity contribution in [3.05, 3.63) is 72.1 Å². The number of rotatable bonds is 9. The van der Waals surface area contributed by atoms with Crippen LogP contribution in [-0.2, 0) is 16.1 Å². The van der Waals surface area contributed by atoms with E-state index in [2.05, 4.69) is 10.3 Å². The molecule has 0 aliphatic carbocycles. The molecule has 3 aromatic rings. The summed E-state index contributed by atoms with van der Waals surface area (Å²) in [6.45, 7) is 0.344. The molecular weight excluding hydrogens is 474 g/mol. The first kappa shape index (κ1) is 25.8. The fourth-order valence-electron chi connectivity index (χ4n) is 4.68. The molecule has 2 aromatic carbocycles. The Labute approximate surface area is 216 Å². The SMILES string of the molecule is COc1ccc([C@H]2[C@@H](C(=O)NCc3cccnc3)CCC(=O)N2c2cc(OC)c(OC)c(OC)c2)cc1. The van der Waals surface area contributed by atoms with Gasteiger partial charge >= 0.3 is 0 Å². The summed E-state index contributed by atoms with van der Waals surface area (Å²) in [6, 6.07) is 14.0. The molecule has 0 saturated carbocycles. The highest BCUT2D eigenvalue weighted by Gasteiger charge is 2.42. The number of aromatic nitrogens is 1. The van der Waals surface area contributed by atoms with Crippen molar-refractivity contribution in [3.63, 3.8) is 0 Å². The lowest BCUT2D eigenvalue weighted by molar-refractivity contribution is -0.129. The summed E-state index contributed by atoms with van der Waals surface area (Å²) in [7, 11) is 6.16. The number of carbonyl (C=O) groups is 2. The fourth-order valence-corrected chi connectivity index (χ4v) is 4.68. The molecule has 1 aromatic heterocycles. The van der Waals surface area contributed by atoms with Crippen molar-refractivity contribution >= 4 is 17.5 Å². The van der Waals surface area contributed by atoms with Gasteiger partial charge in [0.2, 0.25) is 17.6 Å². The molecule has 2 heterocycles. The highest BCUT2D eigenvalue weighted by molar-refractivity contribution is 5.98. The molecule has 9 nitrogen and oxygen atoms in total. The third-order valence-corrected chi connectivity index (χ3v) is 6.51. The van der Waals surface area contributed by atoms with E-state index in [1.165, 1.54) is 21.3 Å². The van der Waals surface area contributed by atoms with E-state index >= 15 is 0 Å². The second kappa shape index (κ2) is 11.6. The molecule has 1 fully saturated rings. The Hall–Kier alpha value is -4.27. The quantitative estimate of drug-likeness (QED) is 0.471. The molecule has 2 atom stereocenters. The number of methoxy groups -OCH3 is 4. The minimum Gasteiger partial charge on any atom is -0.497 e. The van der Waals surface area contributed by atoms with E-state index in [1.807, 2.05) is 36.4 Å². The normalized spacial score (nSPS) is 17.2. The number of pyridine rings is 1. The highest BCUT2D eigenvalue weighted by atomic mass is 16.5. The molecule has 0 unspecified atom stereocenters. The van der Waals surface area contributed by atoms with Gasteiger partial charge in [0.1, 0.15) is 5.75 Å². The van der Waals surface area contributed by atoms with Crippen molar-refractivity contribution in [2.24, 2.45) is 5.92 Å². The first-order chi connectivity index (χ1) is 18.0. The Morgan fingerprint density at radius 3 is 2.27 bits per heavy atom. The van der Waals surface area contributed by atoms with E-state index in [0.717, 1.165) is 11.1 Å². The second-order valence-electron chi connectivity index (χ2n) is 8.59. The van der Waals surface area contributed by atoms with E-state index in [-0.39, 0.29) is 18.2 Å². The van der Waals surface area contributed by atoms with Crippen molar-refractivity contribution in [2.45, 2.75) is 25.4 Å². The Bertz CT molecular complexity index is 1210. The number of hydrogen-bond donors (Lipinski definition) is 1. The maximum atomic E-state index is 13.5. The highest BCUT2D eigenvalue weighted by Crippen LogP contribution is 2.46. The minimum atomic E-state index is -0.566. The summed E-state index contributed by atoms with van der Waals surface area (Å²) in [5, 5.41) is 3.03. The van der Waals surface area contributed by atoms with Gasteiger partial charge in [-0.2, -0.15) is 0 Å². The Morgan fingerprint density at radius 1 is 1.00 bits per heavy atom. The number of anilines is 1. The van der Waals surface area contributed by atoms with Crippen molar-refractivity contribution in [3.8, 4) is 23.0 Å². The third kappa shape index (κ3) is 5.45. The van der Waals surface area contributed by atoms with Crippen LogP contribution in [0.1, 0.15) is 30.0 Å². The molecule has 37 heavy (non-hydrogen) atoms. The average molecular weight is 506 g/mol. The van der Waals surface area contributed by atoms with Gasteiger partial charge in [-0.05, 0) is 35.7 Å². The van der Waals surface area contributed by atoms with Crippen LogP contribution in [0.25, 0.3) is 0 Å². The maximum Gasteiger partial charge on any atom is 0.227 e. The van der Waals surface area contributed by atoms with Crippen LogP contribution >= 0.6 is 0 Å². The van der Waals surface area contributed by atoms with Crippen LogP contribution in [0.2, 0.25) is 0 Å². The Morgan fingerprint density at radius 2 is 1.70 bits per heavy atom. The third-order valence-electron chi connectivity index (χ3n) is 6.51. The molecule has 194 valence electrons. The van der Waals surface area contributed by atoms with E-state index in [1.54, 1.807) is 36.5 Å². The zero-order valence-electron chi connectivity index (χ0n) is 21.4. The number of carbonyl (C=O) groups excluding carboxylic acids is 2. The van der Waals surface area contributed by atoms with Gasteiger partial charge in [0.15, 0.2) is 11.5 Å². The molecule has 0 radical (unpaired) electrons. The Balaban J connectivity index is 1.76. The van der Waals surface area contributed by atoms with Crippen LogP contribution < -0.4 is 29.2 Å².